The van der Waals surface area contributed by atoms with E-state index in [9.17, 15) is 4.79 Å². The van der Waals surface area contributed by atoms with Gasteiger partial charge in [-0.05, 0) is 32.4 Å². The summed E-state index contributed by atoms with van der Waals surface area (Å²) in [5.74, 6) is 0.853. The second kappa shape index (κ2) is 8.40. The van der Waals surface area contributed by atoms with Crippen LogP contribution in [0.1, 0.15) is 25.3 Å². The molecule has 124 valence electrons. The average Bonchev–Trinajstić information content (AvgIpc) is 2.98. The molecule has 0 radical (unpaired) electrons. The van der Waals surface area contributed by atoms with Crippen molar-refractivity contribution in [3.8, 4) is 11.4 Å². The van der Waals surface area contributed by atoms with E-state index in [1.54, 1.807) is 6.07 Å². The maximum absolute atomic E-state index is 10.6. The van der Waals surface area contributed by atoms with Crippen molar-refractivity contribution in [1.29, 1.82) is 0 Å². The van der Waals surface area contributed by atoms with Gasteiger partial charge in [-0.15, -0.1) is 0 Å². The summed E-state index contributed by atoms with van der Waals surface area (Å²) in [5, 5.41) is 6.58. The fourth-order valence-corrected chi connectivity index (χ4v) is 1.91. The first-order valence-corrected chi connectivity index (χ1v) is 7.43. The predicted molar refractivity (Wildman–Crippen MR) is 84.9 cm³/mol. The summed E-state index contributed by atoms with van der Waals surface area (Å²) >= 11 is 0. The third kappa shape index (κ3) is 5.15. The Morgan fingerprint density at radius 2 is 2.17 bits per heavy atom. The number of ether oxygens (including phenoxy) is 2. The molecule has 0 fully saturated rings. The number of hydrogen-bond acceptors (Lipinski definition) is 6. The minimum atomic E-state index is 0.185. The number of carbonyl (C=O) groups is 1. The molecular formula is C16H21N3O4. The number of rotatable bonds is 9. The summed E-state index contributed by atoms with van der Waals surface area (Å²) in [4.78, 5) is 14.9. The number of aromatic nitrogens is 2. The molecule has 0 unspecified atom stereocenters. The van der Waals surface area contributed by atoms with Gasteiger partial charge >= 0.3 is 0 Å². The summed E-state index contributed by atoms with van der Waals surface area (Å²) in [7, 11) is 0. The van der Waals surface area contributed by atoms with Crippen molar-refractivity contribution in [3.05, 3.63) is 29.7 Å². The number of nitrogens with zero attached hydrogens (tertiary/aromatic N) is 2. The van der Waals surface area contributed by atoms with Crippen LogP contribution in [0.2, 0.25) is 0 Å². The van der Waals surface area contributed by atoms with E-state index in [4.69, 9.17) is 14.0 Å². The van der Waals surface area contributed by atoms with Crippen LogP contribution in [-0.4, -0.2) is 35.9 Å². The Morgan fingerprint density at radius 1 is 1.35 bits per heavy atom. The number of hydrogen-bond donors (Lipinski definition) is 1. The van der Waals surface area contributed by atoms with E-state index in [-0.39, 0.29) is 12.7 Å². The molecule has 0 saturated heterocycles. The first-order valence-electron chi connectivity index (χ1n) is 7.43. The second-order valence-corrected chi connectivity index (χ2v) is 5.28. The molecule has 1 amide bonds. The molecule has 7 heteroatoms. The molecule has 7 nitrogen and oxygen atoms in total. The topological polar surface area (TPSA) is 86.5 Å². The van der Waals surface area contributed by atoms with E-state index >= 15 is 0 Å². The minimum Gasteiger partial charge on any atom is -0.376 e. The van der Waals surface area contributed by atoms with E-state index in [0.29, 0.717) is 37.0 Å². The molecule has 1 aromatic heterocycles. The van der Waals surface area contributed by atoms with Gasteiger partial charge in [0.25, 0.3) is 5.89 Å². The Balaban J connectivity index is 1.94. The van der Waals surface area contributed by atoms with Gasteiger partial charge in [-0.3, -0.25) is 4.79 Å². The fourth-order valence-electron chi connectivity index (χ4n) is 1.91. The summed E-state index contributed by atoms with van der Waals surface area (Å²) in [6, 6.07) is 5.56. The molecule has 0 spiro atoms. The van der Waals surface area contributed by atoms with Gasteiger partial charge in [0.05, 0.1) is 19.3 Å². The third-order valence-electron chi connectivity index (χ3n) is 3.08. The maximum atomic E-state index is 10.6. The van der Waals surface area contributed by atoms with Crippen molar-refractivity contribution in [2.75, 3.05) is 18.5 Å². The van der Waals surface area contributed by atoms with Crippen molar-refractivity contribution < 1.29 is 18.8 Å². The maximum Gasteiger partial charge on any atom is 0.252 e. The molecule has 2 aromatic rings. The van der Waals surface area contributed by atoms with Crippen molar-refractivity contribution in [2.45, 2.75) is 33.5 Å². The fraction of sp³-hybridized carbons (Fsp3) is 0.438. The summed E-state index contributed by atoms with van der Waals surface area (Å²) in [6.07, 6.45) is 0.824. The zero-order chi connectivity index (χ0) is 16.7. The van der Waals surface area contributed by atoms with Crippen molar-refractivity contribution in [3.63, 3.8) is 0 Å². The minimum absolute atomic E-state index is 0.185. The Kier molecular flexibility index (Phi) is 6.25. The molecular weight excluding hydrogens is 298 g/mol. The monoisotopic (exact) mass is 319 g/mol. The first-order chi connectivity index (χ1) is 11.1. The van der Waals surface area contributed by atoms with Crippen molar-refractivity contribution in [1.82, 2.24) is 10.1 Å². The highest BCUT2D eigenvalue weighted by molar-refractivity contribution is 5.76. The van der Waals surface area contributed by atoms with Crippen LogP contribution in [0.15, 0.2) is 22.7 Å². The molecule has 0 aliphatic rings. The lowest BCUT2D eigenvalue weighted by Crippen LogP contribution is -2.09. The van der Waals surface area contributed by atoms with Gasteiger partial charge in [-0.2, -0.15) is 4.98 Å². The van der Waals surface area contributed by atoms with Crippen LogP contribution in [0, 0.1) is 6.92 Å². The lowest BCUT2D eigenvalue weighted by atomic mass is 10.1. The molecule has 0 atom stereocenters. The van der Waals surface area contributed by atoms with Crippen LogP contribution in [-0.2, 0) is 20.9 Å². The predicted octanol–water partition coefficient (Wildman–Crippen LogP) is 2.55. The highest BCUT2D eigenvalue weighted by Crippen LogP contribution is 2.23. The smallest absolute Gasteiger partial charge is 0.252 e. The SMILES string of the molecule is Cc1ccc(-c2noc(COCCOC(C)C)n2)cc1NC=O. The van der Waals surface area contributed by atoms with Crippen LogP contribution in [0.4, 0.5) is 5.69 Å². The van der Waals surface area contributed by atoms with E-state index in [2.05, 4.69) is 15.5 Å². The zero-order valence-corrected chi connectivity index (χ0v) is 13.5. The van der Waals surface area contributed by atoms with Crippen LogP contribution >= 0.6 is 0 Å². The van der Waals surface area contributed by atoms with Crippen LogP contribution < -0.4 is 5.32 Å². The Labute approximate surface area is 135 Å². The average molecular weight is 319 g/mol. The molecule has 0 bridgehead atoms. The van der Waals surface area contributed by atoms with Crippen molar-refractivity contribution in [2.24, 2.45) is 0 Å². The molecule has 23 heavy (non-hydrogen) atoms. The molecule has 0 aliphatic carbocycles. The van der Waals surface area contributed by atoms with Gasteiger partial charge < -0.3 is 19.3 Å². The number of aryl methyl sites for hydroxylation is 1. The normalized spacial score (nSPS) is 11.0. The van der Waals surface area contributed by atoms with Gasteiger partial charge in [-0.25, -0.2) is 0 Å². The lowest BCUT2D eigenvalue weighted by molar-refractivity contribution is -0.105. The molecule has 0 aliphatic heterocycles. The van der Waals surface area contributed by atoms with Gasteiger partial charge in [-0.1, -0.05) is 17.3 Å². The standard InChI is InChI=1S/C16H21N3O4/c1-11(2)22-7-6-21-9-15-18-16(19-23-15)13-5-4-12(3)14(8-13)17-10-20/h4-5,8,10-11H,6-7,9H2,1-3H3,(H,17,20). The summed E-state index contributed by atoms with van der Waals surface area (Å²) in [5.41, 5.74) is 2.43. The van der Waals surface area contributed by atoms with E-state index in [1.165, 1.54) is 0 Å². The molecule has 1 heterocycles. The molecule has 2 rings (SSSR count). The number of anilines is 1. The highest BCUT2D eigenvalue weighted by Gasteiger charge is 2.10. The van der Waals surface area contributed by atoms with Crippen LogP contribution in [0.5, 0.6) is 0 Å². The number of carbonyl (C=O) groups excluding carboxylic acids is 1. The van der Waals surface area contributed by atoms with E-state index in [1.807, 2.05) is 32.9 Å². The number of amides is 1. The van der Waals surface area contributed by atoms with Gasteiger partial charge in [0.2, 0.25) is 12.2 Å². The van der Waals surface area contributed by atoms with Gasteiger partial charge in [0, 0.05) is 11.3 Å². The Morgan fingerprint density at radius 3 is 2.91 bits per heavy atom. The zero-order valence-electron chi connectivity index (χ0n) is 13.5. The molecule has 1 aromatic carbocycles. The van der Waals surface area contributed by atoms with Gasteiger partial charge in [0.1, 0.15) is 6.61 Å². The third-order valence-corrected chi connectivity index (χ3v) is 3.08. The van der Waals surface area contributed by atoms with Crippen LogP contribution in [0.25, 0.3) is 11.4 Å². The molecule has 1 N–H and O–H groups in total. The largest absolute Gasteiger partial charge is 0.376 e. The molecule has 0 saturated carbocycles. The first kappa shape index (κ1) is 17.1. The van der Waals surface area contributed by atoms with Crippen molar-refractivity contribution >= 4 is 12.1 Å². The Bertz CT molecular complexity index is 640. The van der Waals surface area contributed by atoms with E-state index in [0.717, 1.165) is 11.1 Å². The second-order valence-electron chi connectivity index (χ2n) is 5.28. The lowest BCUT2D eigenvalue weighted by Gasteiger charge is -2.06. The quantitative estimate of drug-likeness (QED) is 0.564. The summed E-state index contributed by atoms with van der Waals surface area (Å²) in [6.45, 7) is 7.08. The number of benzene rings is 1. The van der Waals surface area contributed by atoms with E-state index < -0.39 is 0 Å². The van der Waals surface area contributed by atoms with Crippen LogP contribution in [0.3, 0.4) is 0 Å². The Hall–Kier alpha value is -2.25. The number of nitrogens with one attached hydrogen (secondary N) is 1. The summed E-state index contributed by atoms with van der Waals surface area (Å²) < 4.78 is 16.0. The highest BCUT2D eigenvalue weighted by atomic mass is 16.5. The van der Waals surface area contributed by atoms with Gasteiger partial charge in [0.15, 0.2) is 0 Å².